The Kier molecular flexibility index (Phi) is 6.11. The average molecular weight is 502 g/mol. The summed E-state index contributed by atoms with van der Waals surface area (Å²) < 4.78 is 6.91. The van der Waals surface area contributed by atoms with Gasteiger partial charge < -0.3 is 14.2 Å². The molecule has 182 valence electrons. The highest BCUT2D eigenvalue weighted by atomic mass is 32.1. The van der Waals surface area contributed by atoms with Gasteiger partial charge in [-0.1, -0.05) is 29.5 Å². The van der Waals surface area contributed by atoms with E-state index in [4.69, 9.17) is 4.74 Å². The number of fused-ring (bicyclic) bond motifs is 1. The van der Waals surface area contributed by atoms with E-state index in [1.807, 2.05) is 37.3 Å². The van der Waals surface area contributed by atoms with Crippen LogP contribution in [0.5, 0.6) is 5.75 Å². The van der Waals surface area contributed by atoms with Crippen LogP contribution in [0.3, 0.4) is 0 Å². The molecule has 0 saturated carbocycles. The zero-order chi connectivity index (χ0) is 25.4. The molecule has 0 aliphatic carbocycles. The molecule has 0 unspecified atom stereocenters. The predicted octanol–water partition coefficient (Wildman–Crippen LogP) is 3.63. The number of anilines is 1. The summed E-state index contributed by atoms with van der Waals surface area (Å²) in [6.45, 7) is 2.55. The summed E-state index contributed by atoms with van der Waals surface area (Å²) in [7, 11) is 3.23. The van der Waals surface area contributed by atoms with Gasteiger partial charge in [0.2, 0.25) is 0 Å². The highest BCUT2D eigenvalue weighted by Gasteiger charge is 2.29. The normalized spacial score (nSPS) is 12.4. The number of methoxy groups -OCH3 is 1. The molecule has 4 heterocycles. The number of hydrogen-bond acceptors (Lipinski definition) is 7. The topological polar surface area (TPSA) is 106 Å². The number of hydrogen-bond donors (Lipinski definition) is 1. The van der Waals surface area contributed by atoms with Gasteiger partial charge in [-0.25, -0.2) is 4.98 Å². The van der Waals surface area contributed by atoms with Gasteiger partial charge in [-0.05, 0) is 25.1 Å². The van der Waals surface area contributed by atoms with Gasteiger partial charge in [-0.2, -0.15) is 0 Å². The first kappa shape index (κ1) is 23.4. The molecule has 1 aromatic carbocycles. The molecule has 0 spiro atoms. The third-order valence-corrected chi connectivity index (χ3v) is 6.99. The van der Waals surface area contributed by atoms with Crippen molar-refractivity contribution in [3.05, 3.63) is 92.6 Å². The maximum atomic E-state index is 13.2. The fourth-order valence-electron chi connectivity index (χ4n) is 4.10. The number of rotatable bonds is 5. The molecule has 0 saturated heterocycles. The van der Waals surface area contributed by atoms with Gasteiger partial charge in [-0.3, -0.25) is 24.7 Å². The summed E-state index contributed by atoms with van der Waals surface area (Å²) >= 11 is 1.33. The second-order valence-corrected chi connectivity index (χ2v) is 9.52. The van der Waals surface area contributed by atoms with Crippen molar-refractivity contribution in [2.24, 2.45) is 7.05 Å². The first-order valence-corrected chi connectivity index (χ1v) is 12.0. The van der Waals surface area contributed by atoms with Gasteiger partial charge in [0.15, 0.2) is 5.13 Å². The highest BCUT2D eigenvalue weighted by Crippen LogP contribution is 2.34. The van der Waals surface area contributed by atoms with Crippen LogP contribution in [0.15, 0.2) is 59.7 Å². The average Bonchev–Trinajstić information content (AvgIpc) is 3.44. The van der Waals surface area contributed by atoms with Gasteiger partial charge >= 0.3 is 0 Å². The zero-order valence-electron chi connectivity index (χ0n) is 19.9. The van der Waals surface area contributed by atoms with Crippen LogP contribution in [-0.2, 0) is 20.1 Å². The number of pyridine rings is 2. The molecule has 0 fully saturated rings. The quantitative estimate of drug-likeness (QED) is 0.448. The Morgan fingerprint density at radius 2 is 1.92 bits per heavy atom. The van der Waals surface area contributed by atoms with Crippen molar-refractivity contribution in [2.75, 3.05) is 12.4 Å². The molecule has 9 nitrogen and oxygen atoms in total. The zero-order valence-corrected chi connectivity index (χ0v) is 20.8. The Hall–Kier alpha value is -4.31. The van der Waals surface area contributed by atoms with E-state index in [-0.39, 0.29) is 17.4 Å². The Morgan fingerprint density at radius 3 is 2.67 bits per heavy atom. The van der Waals surface area contributed by atoms with Crippen LogP contribution in [0.1, 0.15) is 37.0 Å². The Balaban J connectivity index is 1.34. The lowest BCUT2D eigenvalue weighted by Crippen LogP contribution is -2.27. The Labute approximate surface area is 211 Å². The highest BCUT2D eigenvalue weighted by molar-refractivity contribution is 7.16. The SMILES string of the molecule is COc1ccccc1-c1cc(C)ncc1C(=O)Nc1nc2c(s1)CN(C(=O)c1ccn(C)c(=O)c1)C2. The minimum atomic E-state index is -0.330. The molecular formula is C26H23N5O4S. The van der Waals surface area contributed by atoms with E-state index in [9.17, 15) is 14.4 Å². The van der Waals surface area contributed by atoms with Gasteiger partial charge in [0, 0.05) is 47.9 Å². The molecule has 1 N–H and O–H groups in total. The number of ether oxygens (including phenoxy) is 1. The van der Waals surface area contributed by atoms with Crippen molar-refractivity contribution in [1.82, 2.24) is 19.4 Å². The van der Waals surface area contributed by atoms with E-state index in [1.54, 1.807) is 37.5 Å². The van der Waals surface area contributed by atoms with Crippen molar-refractivity contribution < 1.29 is 14.3 Å². The largest absolute Gasteiger partial charge is 0.496 e. The van der Waals surface area contributed by atoms with Crippen molar-refractivity contribution in [3.63, 3.8) is 0 Å². The molecule has 0 atom stereocenters. The van der Waals surface area contributed by atoms with Crippen LogP contribution in [0.4, 0.5) is 5.13 Å². The van der Waals surface area contributed by atoms with Gasteiger partial charge in [0.1, 0.15) is 5.75 Å². The fourth-order valence-corrected chi connectivity index (χ4v) is 5.08. The first-order valence-electron chi connectivity index (χ1n) is 11.2. The summed E-state index contributed by atoms with van der Waals surface area (Å²) in [5.74, 6) is 0.103. The summed E-state index contributed by atoms with van der Waals surface area (Å²) in [4.78, 5) is 49.4. The third kappa shape index (κ3) is 4.38. The number of aryl methyl sites for hydroxylation is 2. The molecule has 1 aliphatic rings. The van der Waals surface area contributed by atoms with E-state index in [1.165, 1.54) is 22.0 Å². The fraction of sp³-hybridized carbons (Fsp3) is 0.192. The number of carbonyl (C=O) groups excluding carboxylic acids is 2. The van der Waals surface area contributed by atoms with Crippen LogP contribution in [-0.4, -0.2) is 38.4 Å². The second-order valence-electron chi connectivity index (χ2n) is 8.44. The number of amides is 2. The van der Waals surface area contributed by atoms with E-state index < -0.39 is 0 Å². The molecular weight excluding hydrogens is 478 g/mol. The van der Waals surface area contributed by atoms with Crippen LogP contribution in [0.25, 0.3) is 11.1 Å². The molecule has 10 heteroatoms. The second kappa shape index (κ2) is 9.38. The number of thiazole rings is 1. The lowest BCUT2D eigenvalue weighted by molar-refractivity contribution is 0.0750. The molecule has 5 rings (SSSR count). The molecule has 0 bridgehead atoms. The number of para-hydroxylation sites is 1. The number of nitrogens with zero attached hydrogens (tertiary/aromatic N) is 4. The minimum Gasteiger partial charge on any atom is -0.496 e. The minimum absolute atomic E-state index is 0.226. The summed E-state index contributed by atoms with van der Waals surface area (Å²) in [6, 6.07) is 12.3. The first-order chi connectivity index (χ1) is 17.3. The van der Waals surface area contributed by atoms with Crippen molar-refractivity contribution in [3.8, 4) is 16.9 Å². The van der Waals surface area contributed by atoms with Gasteiger partial charge in [0.25, 0.3) is 17.4 Å². The molecule has 0 radical (unpaired) electrons. The van der Waals surface area contributed by atoms with Crippen LogP contribution < -0.4 is 15.6 Å². The number of aromatic nitrogens is 3. The maximum absolute atomic E-state index is 13.2. The Bertz CT molecular complexity index is 1530. The van der Waals surface area contributed by atoms with E-state index >= 15 is 0 Å². The molecule has 2 amide bonds. The summed E-state index contributed by atoms with van der Waals surface area (Å²) in [6.07, 6.45) is 3.13. The van der Waals surface area contributed by atoms with E-state index in [0.29, 0.717) is 40.7 Å². The monoisotopic (exact) mass is 501 g/mol. The van der Waals surface area contributed by atoms with Crippen LogP contribution in [0.2, 0.25) is 0 Å². The van der Waals surface area contributed by atoms with Crippen LogP contribution in [0, 0.1) is 6.92 Å². The maximum Gasteiger partial charge on any atom is 0.259 e. The van der Waals surface area contributed by atoms with Crippen molar-refractivity contribution >= 4 is 28.3 Å². The predicted molar refractivity (Wildman–Crippen MR) is 136 cm³/mol. The Morgan fingerprint density at radius 1 is 1.11 bits per heavy atom. The number of nitrogens with one attached hydrogen (secondary N) is 1. The molecule has 3 aromatic heterocycles. The van der Waals surface area contributed by atoms with Gasteiger partial charge in [0.05, 0.1) is 36.3 Å². The number of carbonyl (C=O) groups is 2. The molecule has 4 aromatic rings. The lowest BCUT2D eigenvalue weighted by atomic mass is 9.99. The van der Waals surface area contributed by atoms with E-state index in [2.05, 4.69) is 15.3 Å². The molecule has 36 heavy (non-hydrogen) atoms. The summed E-state index contributed by atoms with van der Waals surface area (Å²) in [5, 5.41) is 3.34. The van der Waals surface area contributed by atoms with Crippen molar-refractivity contribution in [2.45, 2.75) is 20.0 Å². The standard InChI is InChI=1S/C26H23N5O4S/c1-15-10-18(17-6-4-5-7-21(17)35-3)19(12-27-15)24(33)29-26-28-20-13-31(14-22(20)36-26)25(34)16-8-9-30(2)23(32)11-16/h4-12H,13-14H2,1-3H3,(H,28,29,33). The van der Waals surface area contributed by atoms with Gasteiger partial charge in [-0.15, -0.1) is 0 Å². The van der Waals surface area contributed by atoms with Crippen LogP contribution >= 0.6 is 11.3 Å². The number of benzene rings is 1. The third-order valence-electron chi connectivity index (χ3n) is 5.99. The van der Waals surface area contributed by atoms with E-state index in [0.717, 1.165) is 21.8 Å². The lowest BCUT2D eigenvalue weighted by Gasteiger charge is -2.15. The smallest absolute Gasteiger partial charge is 0.259 e. The molecule has 1 aliphatic heterocycles. The van der Waals surface area contributed by atoms with Crippen molar-refractivity contribution in [1.29, 1.82) is 0 Å². The summed E-state index contributed by atoms with van der Waals surface area (Å²) in [5.41, 5.74) is 3.53.